The molecule has 2 amide bonds. The van der Waals surface area contributed by atoms with Gasteiger partial charge < -0.3 is 9.80 Å². The molecular weight excluding hydrogens is 625 g/mol. The number of hydrogen-bond acceptors (Lipinski definition) is 4. The molecule has 212 valence electrons. The van der Waals surface area contributed by atoms with E-state index in [-0.39, 0.29) is 17.7 Å². The van der Waals surface area contributed by atoms with E-state index >= 15 is 0 Å². The van der Waals surface area contributed by atoms with Crippen molar-refractivity contribution in [3.05, 3.63) is 92.6 Å². The molecule has 0 N–H and O–H groups in total. The Hall–Kier alpha value is -2.91. The maximum absolute atomic E-state index is 13.4. The molecule has 2 fully saturated rings. The van der Waals surface area contributed by atoms with E-state index in [4.69, 9.17) is 28.2 Å². The molecule has 7 nitrogen and oxygen atoms in total. The van der Waals surface area contributed by atoms with Gasteiger partial charge in [-0.2, -0.15) is 0 Å². The van der Waals surface area contributed by atoms with Gasteiger partial charge in [-0.25, -0.2) is 4.98 Å². The number of likely N-dealkylation sites (tertiary alicyclic amines) is 1. The Bertz CT molecular complexity index is 1590. The first kappa shape index (κ1) is 28.2. The van der Waals surface area contributed by atoms with Crippen LogP contribution in [0.25, 0.3) is 16.7 Å². The van der Waals surface area contributed by atoms with E-state index in [1.807, 2.05) is 29.2 Å². The molecular formula is C31H30BrCl2N5O2. The first-order valence-electron chi connectivity index (χ1n) is 13.8. The van der Waals surface area contributed by atoms with Crippen molar-refractivity contribution in [2.24, 2.45) is 5.92 Å². The van der Waals surface area contributed by atoms with Gasteiger partial charge in [-0.1, -0.05) is 57.3 Å². The Morgan fingerprint density at radius 3 is 2.32 bits per heavy atom. The SMILES string of the molecule is O=C(c1ccc(Cl)cc1Cl)N1CCN(C(=O)C2CCN(Cc3nc4ccccc4n3-c3cccc(Br)c3)CC2)CC1. The van der Waals surface area contributed by atoms with Crippen molar-refractivity contribution >= 4 is 62.0 Å². The monoisotopic (exact) mass is 653 g/mol. The van der Waals surface area contributed by atoms with Crippen LogP contribution in [-0.2, 0) is 11.3 Å². The molecule has 4 aromatic rings. The van der Waals surface area contributed by atoms with Crippen molar-refractivity contribution in [2.75, 3.05) is 39.3 Å². The number of piperazine rings is 1. The van der Waals surface area contributed by atoms with Crippen LogP contribution in [0, 0.1) is 5.92 Å². The number of aromatic nitrogens is 2. The van der Waals surface area contributed by atoms with E-state index in [0.29, 0.717) is 41.8 Å². The largest absolute Gasteiger partial charge is 0.339 e. The van der Waals surface area contributed by atoms with Gasteiger partial charge in [0.1, 0.15) is 5.82 Å². The minimum Gasteiger partial charge on any atom is -0.339 e. The highest BCUT2D eigenvalue weighted by Gasteiger charge is 2.32. The predicted octanol–water partition coefficient (Wildman–Crippen LogP) is 6.29. The van der Waals surface area contributed by atoms with E-state index in [2.05, 4.69) is 49.7 Å². The fraction of sp³-hybridized carbons (Fsp3) is 0.323. The lowest BCUT2D eigenvalue weighted by atomic mass is 9.95. The molecule has 2 saturated heterocycles. The lowest BCUT2D eigenvalue weighted by Gasteiger charge is -2.38. The summed E-state index contributed by atoms with van der Waals surface area (Å²) in [6.45, 7) is 4.45. The topological polar surface area (TPSA) is 61.7 Å². The fourth-order valence-electron chi connectivity index (χ4n) is 5.84. The number of fused-ring (bicyclic) bond motifs is 1. The number of carbonyl (C=O) groups excluding carboxylic acids is 2. The maximum atomic E-state index is 13.4. The van der Waals surface area contributed by atoms with Crippen LogP contribution in [0.4, 0.5) is 0 Å². The number of carbonyl (C=O) groups is 2. The van der Waals surface area contributed by atoms with Crippen molar-refractivity contribution in [1.29, 1.82) is 0 Å². The summed E-state index contributed by atoms with van der Waals surface area (Å²) in [5, 5.41) is 0.844. The third-order valence-corrected chi connectivity index (χ3v) is 9.08. The summed E-state index contributed by atoms with van der Waals surface area (Å²) in [7, 11) is 0. The van der Waals surface area contributed by atoms with Gasteiger partial charge in [0.2, 0.25) is 5.91 Å². The number of hydrogen-bond donors (Lipinski definition) is 0. The average Bonchev–Trinajstić information content (AvgIpc) is 3.35. The summed E-state index contributed by atoms with van der Waals surface area (Å²) in [4.78, 5) is 37.4. The summed E-state index contributed by atoms with van der Waals surface area (Å²) in [5.41, 5.74) is 3.57. The number of piperidine rings is 1. The molecule has 1 aromatic heterocycles. The van der Waals surface area contributed by atoms with Crippen molar-refractivity contribution in [3.8, 4) is 5.69 Å². The number of para-hydroxylation sites is 2. The van der Waals surface area contributed by atoms with Crippen molar-refractivity contribution in [1.82, 2.24) is 24.3 Å². The van der Waals surface area contributed by atoms with E-state index in [1.165, 1.54) is 0 Å². The van der Waals surface area contributed by atoms with Crippen molar-refractivity contribution in [2.45, 2.75) is 19.4 Å². The summed E-state index contributed by atoms with van der Waals surface area (Å²) >= 11 is 15.8. The van der Waals surface area contributed by atoms with Gasteiger partial charge in [0, 0.05) is 47.3 Å². The zero-order valence-corrected chi connectivity index (χ0v) is 25.6. The Balaban J connectivity index is 1.06. The second-order valence-corrected chi connectivity index (χ2v) is 12.4. The second kappa shape index (κ2) is 12.1. The van der Waals surface area contributed by atoms with Gasteiger partial charge >= 0.3 is 0 Å². The molecule has 0 saturated carbocycles. The highest BCUT2D eigenvalue weighted by molar-refractivity contribution is 9.10. The summed E-state index contributed by atoms with van der Waals surface area (Å²) in [6, 6.07) is 21.4. The average molecular weight is 655 g/mol. The molecule has 10 heteroatoms. The lowest BCUT2D eigenvalue weighted by molar-refractivity contribution is -0.138. The highest BCUT2D eigenvalue weighted by Crippen LogP contribution is 2.28. The molecule has 0 atom stereocenters. The molecule has 3 heterocycles. The van der Waals surface area contributed by atoms with E-state index in [1.54, 1.807) is 23.1 Å². The molecule has 6 rings (SSSR count). The molecule has 41 heavy (non-hydrogen) atoms. The number of nitrogens with zero attached hydrogens (tertiary/aromatic N) is 5. The molecule has 0 unspecified atom stereocenters. The van der Waals surface area contributed by atoms with Gasteiger partial charge in [-0.3, -0.25) is 19.1 Å². The summed E-state index contributed by atoms with van der Waals surface area (Å²) < 4.78 is 3.26. The standard InChI is InChI=1S/C31H30BrCl2N5O2/c32-22-4-3-5-24(18-22)39-28-7-2-1-6-27(28)35-29(39)20-36-12-10-21(11-13-36)30(40)37-14-16-38(17-15-37)31(41)25-9-8-23(33)19-26(25)34/h1-9,18-19,21H,10-17,20H2. The van der Waals surface area contributed by atoms with Gasteiger partial charge in [-0.15, -0.1) is 0 Å². The Labute approximate surface area is 257 Å². The van der Waals surface area contributed by atoms with E-state index in [0.717, 1.165) is 59.5 Å². The lowest BCUT2D eigenvalue weighted by Crippen LogP contribution is -2.53. The van der Waals surface area contributed by atoms with Crippen LogP contribution in [0.3, 0.4) is 0 Å². The predicted molar refractivity (Wildman–Crippen MR) is 166 cm³/mol. The molecule has 2 aliphatic rings. The van der Waals surface area contributed by atoms with Crippen LogP contribution < -0.4 is 0 Å². The Kier molecular flexibility index (Phi) is 8.35. The first-order chi connectivity index (χ1) is 19.9. The van der Waals surface area contributed by atoms with E-state index in [9.17, 15) is 9.59 Å². The highest BCUT2D eigenvalue weighted by atomic mass is 79.9. The van der Waals surface area contributed by atoms with Crippen molar-refractivity contribution < 1.29 is 9.59 Å². The van der Waals surface area contributed by atoms with Gasteiger partial charge in [0.25, 0.3) is 5.91 Å². The smallest absolute Gasteiger partial charge is 0.255 e. The molecule has 0 spiro atoms. The Morgan fingerprint density at radius 2 is 1.59 bits per heavy atom. The van der Waals surface area contributed by atoms with Crippen LogP contribution in [0.2, 0.25) is 10.0 Å². The molecule has 2 aliphatic heterocycles. The second-order valence-electron chi connectivity index (χ2n) is 10.6. The minimum absolute atomic E-state index is 0.00288. The Morgan fingerprint density at radius 1 is 0.854 bits per heavy atom. The third-order valence-electron chi connectivity index (χ3n) is 8.04. The maximum Gasteiger partial charge on any atom is 0.255 e. The van der Waals surface area contributed by atoms with Gasteiger partial charge in [-0.05, 0) is 74.5 Å². The van der Waals surface area contributed by atoms with Gasteiger partial charge in [0.15, 0.2) is 0 Å². The van der Waals surface area contributed by atoms with E-state index < -0.39 is 0 Å². The third kappa shape index (κ3) is 6.02. The minimum atomic E-state index is -0.124. The first-order valence-corrected chi connectivity index (χ1v) is 15.4. The van der Waals surface area contributed by atoms with Crippen LogP contribution in [0.5, 0.6) is 0 Å². The normalized spacial score (nSPS) is 16.9. The van der Waals surface area contributed by atoms with Crippen molar-refractivity contribution in [3.63, 3.8) is 0 Å². The molecule has 0 aliphatic carbocycles. The zero-order chi connectivity index (χ0) is 28.5. The van der Waals surface area contributed by atoms with Crippen LogP contribution >= 0.6 is 39.1 Å². The van der Waals surface area contributed by atoms with Crippen LogP contribution in [0.1, 0.15) is 29.0 Å². The number of halogens is 3. The quantitative estimate of drug-likeness (QED) is 0.254. The molecule has 3 aromatic carbocycles. The zero-order valence-electron chi connectivity index (χ0n) is 22.5. The number of benzene rings is 3. The fourth-order valence-corrected chi connectivity index (χ4v) is 6.72. The summed E-state index contributed by atoms with van der Waals surface area (Å²) in [5.74, 6) is 1.07. The molecule has 0 radical (unpaired) electrons. The number of rotatable bonds is 5. The summed E-state index contributed by atoms with van der Waals surface area (Å²) in [6.07, 6.45) is 1.63. The number of amides is 2. The molecule has 0 bridgehead atoms. The van der Waals surface area contributed by atoms with Gasteiger partial charge in [0.05, 0.1) is 28.2 Å². The van der Waals surface area contributed by atoms with Crippen LogP contribution in [0.15, 0.2) is 71.2 Å². The van der Waals surface area contributed by atoms with Crippen LogP contribution in [-0.4, -0.2) is 75.3 Å². The number of imidazole rings is 1.